The van der Waals surface area contributed by atoms with Gasteiger partial charge >= 0.3 is 0 Å². The van der Waals surface area contributed by atoms with Gasteiger partial charge in [0.2, 0.25) is 0 Å². The average molecular weight is 234 g/mol. The molecule has 1 aromatic rings. The minimum atomic E-state index is -0.513. The normalized spacial score (nSPS) is 22.6. The van der Waals surface area contributed by atoms with E-state index in [9.17, 15) is 4.79 Å². The zero-order valence-corrected chi connectivity index (χ0v) is 10.5. The first-order valence-corrected chi connectivity index (χ1v) is 5.86. The molecule has 3 heteroatoms. The van der Waals surface area contributed by atoms with Gasteiger partial charge < -0.3 is 9.47 Å². The highest BCUT2D eigenvalue weighted by Crippen LogP contribution is 2.32. The summed E-state index contributed by atoms with van der Waals surface area (Å²) < 4.78 is 11.3. The van der Waals surface area contributed by atoms with E-state index in [4.69, 9.17) is 9.47 Å². The molecule has 0 bridgehead atoms. The summed E-state index contributed by atoms with van der Waals surface area (Å²) in [6.45, 7) is 5.99. The van der Waals surface area contributed by atoms with Crippen molar-refractivity contribution >= 4 is 5.78 Å². The molecule has 1 saturated heterocycles. The Bertz CT molecular complexity index is 423. The summed E-state index contributed by atoms with van der Waals surface area (Å²) in [7, 11) is 0. The predicted octanol–water partition coefficient (Wildman–Crippen LogP) is 2.64. The highest BCUT2D eigenvalue weighted by Gasteiger charge is 2.33. The third-order valence-corrected chi connectivity index (χ3v) is 2.78. The lowest BCUT2D eigenvalue weighted by atomic mass is 10.0. The van der Waals surface area contributed by atoms with Crippen LogP contribution in [-0.4, -0.2) is 18.2 Å². The van der Waals surface area contributed by atoms with Gasteiger partial charge in [0.05, 0.1) is 6.61 Å². The minimum absolute atomic E-state index is 0.0306. The van der Waals surface area contributed by atoms with Crippen LogP contribution in [0.4, 0.5) is 0 Å². The molecule has 1 unspecified atom stereocenters. The van der Waals surface area contributed by atoms with Crippen LogP contribution < -0.4 is 0 Å². The molecule has 1 aliphatic heterocycles. The van der Waals surface area contributed by atoms with E-state index < -0.39 is 5.79 Å². The standard InChI is InChI=1S/C14H18O3/c1-10(15)7-11-5-4-6-12(8-11)13-9-16-14(2,3)17-13/h4-6,8,13H,7,9H2,1-3H3. The maximum Gasteiger partial charge on any atom is 0.163 e. The summed E-state index contributed by atoms with van der Waals surface area (Å²) in [6, 6.07) is 7.96. The molecule has 0 aliphatic carbocycles. The lowest BCUT2D eigenvalue weighted by molar-refractivity contribution is -0.139. The summed E-state index contributed by atoms with van der Waals surface area (Å²) in [6.07, 6.45) is 0.446. The molecular weight excluding hydrogens is 216 g/mol. The largest absolute Gasteiger partial charge is 0.347 e. The van der Waals surface area contributed by atoms with Gasteiger partial charge in [0.1, 0.15) is 11.9 Å². The van der Waals surface area contributed by atoms with E-state index in [0.717, 1.165) is 11.1 Å². The molecule has 1 atom stereocenters. The van der Waals surface area contributed by atoms with Crippen molar-refractivity contribution < 1.29 is 14.3 Å². The zero-order valence-electron chi connectivity index (χ0n) is 10.5. The molecule has 0 amide bonds. The molecule has 1 fully saturated rings. The predicted molar refractivity (Wildman–Crippen MR) is 64.7 cm³/mol. The first kappa shape index (κ1) is 12.3. The Hall–Kier alpha value is -1.19. The zero-order chi connectivity index (χ0) is 12.5. The van der Waals surface area contributed by atoms with Gasteiger partial charge in [-0.15, -0.1) is 0 Å². The van der Waals surface area contributed by atoms with Crippen molar-refractivity contribution in [2.24, 2.45) is 0 Å². The number of ether oxygens (including phenoxy) is 2. The second-order valence-corrected chi connectivity index (χ2v) is 4.94. The van der Waals surface area contributed by atoms with Gasteiger partial charge in [-0.25, -0.2) is 0 Å². The van der Waals surface area contributed by atoms with Gasteiger partial charge in [-0.05, 0) is 31.9 Å². The lowest BCUT2D eigenvalue weighted by Gasteiger charge is -2.17. The quantitative estimate of drug-likeness (QED) is 0.806. The summed E-state index contributed by atoms with van der Waals surface area (Å²) in [5, 5.41) is 0. The van der Waals surface area contributed by atoms with Crippen LogP contribution in [0, 0.1) is 0 Å². The van der Waals surface area contributed by atoms with E-state index in [1.54, 1.807) is 6.92 Å². The smallest absolute Gasteiger partial charge is 0.163 e. The molecule has 0 radical (unpaired) electrons. The number of carbonyl (C=O) groups excluding carboxylic acids is 1. The van der Waals surface area contributed by atoms with Crippen molar-refractivity contribution in [1.29, 1.82) is 0 Å². The van der Waals surface area contributed by atoms with Crippen LogP contribution in [0.25, 0.3) is 0 Å². The average Bonchev–Trinajstić information content (AvgIpc) is 2.58. The second-order valence-electron chi connectivity index (χ2n) is 4.94. The fourth-order valence-electron chi connectivity index (χ4n) is 2.04. The van der Waals surface area contributed by atoms with Crippen molar-refractivity contribution in [3.63, 3.8) is 0 Å². The van der Waals surface area contributed by atoms with E-state index >= 15 is 0 Å². The third kappa shape index (κ3) is 3.14. The van der Waals surface area contributed by atoms with Crippen molar-refractivity contribution in [3.8, 4) is 0 Å². The maximum absolute atomic E-state index is 11.1. The number of Topliss-reactive ketones (excluding diaryl/α,β-unsaturated/α-hetero) is 1. The van der Waals surface area contributed by atoms with E-state index in [0.29, 0.717) is 13.0 Å². The summed E-state index contributed by atoms with van der Waals surface area (Å²) in [5.74, 6) is -0.340. The minimum Gasteiger partial charge on any atom is -0.347 e. The Labute approximate surface area is 102 Å². The molecule has 1 heterocycles. The van der Waals surface area contributed by atoms with Crippen LogP contribution in [-0.2, 0) is 20.7 Å². The number of rotatable bonds is 3. The van der Waals surface area contributed by atoms with Gasteiger partial charge in [0.15, 0.2) is 5.79 Å². The number of ketones is 1. The summed E-state index contributed by atoms with van der Waals surface area (Å²) in [5.41, 5.74) is 2.11. The van der Waals surface area contributed by atoms with Crippen LogP contribution >= 0.6 is 0 Å². The molecule has 92 valence electrons. The van der Waals surface area contributed by atoms with Gasteiger partial charge in [0.25, 0.3) is 0 Å². The van der Waals surface area contributed by atoms with Crippen molar-refractivity contribution in [2.45, 2.75) is 39.1 Å². The van der Waals surface area contributed by atoms with Gasteiger partial charge in [-0.3, -0.25) is 4.79 Å². The number of hydrogen-bond acceptors (Lipinski definition) is 3. The first-order valence-electron chi connectivity index (χ1n) is 5.86. The van der Waals surface area contributed by atoms with Gasteiger partial charge in [-0.2, -0.15) is 0 Å². The van der Waals surface area contributed by atoms with Gasteiger partial charge in [-0.1, -0.05) is 24.3 Å². The lowest BCUT2D eigenvalue weighted by Crippen LogP contribution is -2.19. The van der Waals surface area contributed by atoms with Crippen LogP contribution in [0.2, 0.25) is 0 Å². The van der Waals surface area contributed by atoms with Gasteiger partial charge in [0, 0.05) is 6.42 Å². The SMILES string of the molecule is CC(=O)Cc1cccc(C2COC(C)(C)O2)c1. The second kappa shape index (κ2) is 4.59. The van der Waals surface area contributed by atoms with Crippen LogP contribution in [0.15, 0.2) is 24.3 Å². The van der Waals surface area contributed by atoms with E-state index in [1.807, 2.05) is 38.1 Å². The molecule has 0 aromatic heterocycles. The Kier molecular flexibility index (Phi) is 3.31. The summed E-state index contributed by atoms with van der Waals surface area (Å²) in [4.78, 5) is 11.1. The monoisotopic (exact) mass is 234 g/mol. The number of benzene rings is 1. The Morgan fingerprint density at radius 3 is 2.82 bits per heavy atom. The molecule has 0 saturated carbocycles. The maximum atomic E-state index is 11.1. The fourth-order valence-corrected chi connectivity index (χ4v) is 2.04. The number of carbonyl (C=O) groups is 1. The van der Waals surface area contributed by atoms with Crippen LogP contribution in [0.3, 0.4) is 0 Å². The molecule has 17 heavy (non-hydrogen) atoms. The Morgan fingerprint density at radius 1 is 1.47 bits per heavy atom. The van der Waals surface area contributed by atoms with Crippen molar-refractivity contribution in [2.75, 3.05) is 6.61 Å². The Morgan fingerprint density at radius 2 is 2.24 bits per heavy atom. The third-order valence-electron chi connectivity index (χ3n) is 2.78. The van der Waals surface area contributed by atoms with Crippen molar-refractivity contribution in [1.82, 2.24) is 0 Å². The van der Waals surface area contributed by atoms with Crippen LogP contribution in [0.5, 0.6) is 0 Å². The topological polar surface area (TPSA) is 35.5 Å². The van der Waals surface area contributed by atoms with E-state index in [1.165, 1.54) is 0 Å². The summed E-state index contributed by atoms with van der Waals surface area (Å²) >= 11 is 0. The molecular formula is C14H18O3. The Balaban J connectivity index is 2.14. The molecule has 2 rings (SSSR count). The van der Waals surface area contributed by atoms with Crippen LogP contribution in [0.1, 0.15) is 38.0 Å². The molecule has 0 spiro atoms. The van der Waals surface area contributed by atoms with E-state index in [-0.39, 0.29) is 11.9 Å². The fraction of sp³-hybridized carbons (Fsp3) is 0.500. The molecule has 3 nitrogen and oxygen atoms in total. The van der Waals surface area contributed by atoms with Crippen molar-refractivity contribution in [3.05, 3.63) is 35.4 Å². The highest BCUT2D eigenvalue weighted by molar-refractivity contribution is 5.78. The molecule has 1 aliphatic rings. The molecule has 0 N–H and O–H groups in total. The van der Waals surface area contributed by atoms with E-state index in [2.05, 4.69) is 0 Å². The molecule has 1 aromatic carbocycles. The number of hydrogen-bond donors (Lipinski definition) is 0. The highest BCUT2D eigenvalue weighted by atomic mass is 16.7. The first-order chi connectivity index (χ1) is 7.96.